The predicted octanol–water partition coefficient (Wildman–Crippen LogP) is 4.34. The normalized spacial score (nSPS) is 15.9. The van der Waals surface area contributed by atoms with Gasteiger partial charge in [0.15, 0.2) is 0 Å². The van der Waals surface area contributed by atoms with Gasteiger partial charge in [0.25, 0.3) is 0 Å². The molecule has 0 unspecified atom stereocenters. The second-order valence-electron chi connectivity index (χ2n) is 10.4. The third kappa shape index (κ3) is 5.85. The molecule has 0 N–H and O–H groups in total. The fourth-order valence-corrected chi connectivity index (χ4v) is 5.59. The van der Waals surface area contributed by atoms with Gasteiger partial charge in [-0.25, -0.2) is 0 Å². The second-order valence-corrected chi connectivity index (χ2v) is 10.4. The molecule has 176 valence electrons. The standard InChI is InChI=1S/C29H42N4/c1-22-14-24(3)28(25(4)15-22)18-32-12-10-30(20-32)8-7-9-31-11-13-33(21-31)19-29-26(5)16-23(2)17-27(29)6/h14-17,20-21H,7-13,18-19H2,1-6H3/q+2. The maximum Gasteiger partial charge on any atom is 0.234 e. The zero-order valence-electron chi connectivity index (χ0n) is 21.6. The Balaban J connectivity index is 1.26. The van der Waals surface area contributed by atoms with Crippen LogP contribution in [0.3, 0.4) is 0 Å². The van der Waals surface area contributed by atoms with E-state index in [0.717, 1.165) is 52.4 Å². The molecule has 0 atom stereocenters. The van der Waals surface area contributed by atoms with E-state index in [-0.39, 0.29) is 0 Å². The summed E-state index contributed by atoms with van der Waals surface area (Å²) >= 11 is 0. The first-order valence-electron chi connectivity index (χ1n) is 12.6. The lowest BCUT2D eigenvalue weighted by atomic mass is 10.00. The number of aryl methyl sites for hydroxylation is 6. The summed E-state index contributed by atoms with van der Waals surface area (Å²) in [5, 5.41) is 0. The molecule has 4 nitrogen and oxygen atoms in total. The Morgan fingerprint density at radius 3 is 1.33 bits per heavy atom. The van der Waals surface area contributed by atoms with E-state index in [9.17, 15) is 0 Å². The van der Waals surface area contributed by atoms with E-state index in [2.05, 4.69) is 97.4 Å². The highest BCUT2D eigenvalue weighted by Crippen LogP contribution is 2.19. The molecule has 0 radical (unpaired) electrons. The Labute approximate surface area is 200 Å². The molecule has 0 saturated heterocycles. The smallest absolute Gasteiger partial charge is 0.234 e. The average molecular weight is 447 g/mol. The Morgan fingerprint density at radius 1 is 0.606 bits per heavy atom. The number of hydrogen-bond donors (Lipinski definition) is 0. The highest BCUT2D eigenvalue weighted by Gasteiger charge is 2.23. The maximum absolute atomic E-state index is 2.51. The lowest BCUT2D eigenvalue weighted by Gasteiger charge is -2.11. The Bertz CT molecular complexity index is 948. The number of hydrogen-bond acceptors (Lipinski definition) is 2. The van der Waals surface area contributed by atoms with Crippen molar-refractivity contribution in [2.75, 3.05) is 39.3 Å². The molecule has 0 aromatic heterocycles. The molecule has 4 rings (SSSR count). The van der Waals surface area contributed by atoms with Crippen LogP contribution in [0.4, 0.5) is 0 Å². The molecule has 2 aromatic carbocycles. The van der Waals surface area contributed by atoms with E-state index in [1.54, 1.807) is 0 Å². The van der Waals surface area contributed by atoms with Crippen molar-refractivity contribution in [3.05, 3.63) is 68.8 Å². The molecule has 0 amide bonds. The van der Waals surface area contributed by atoms with Gasteiger partial charge >= 0.3 is 0 Å². The molecule has 2 aliphatic rings. The number of benzene rings is 2. The van der Waals surface area contributed by atoms with Crippen molar-refractivity contribution < 1.29 is 9.15 Å². The zero-order valence-corrected chi connectivity index (χ0v) is 21.6. The molecule has 0 saturated carbocycles. The van der Waals surface area contributed by atoms with Gasteiger partial charge < -0.3 is 0 Å². The topological polar surface area (TPSA) is 12.5 Å². The van der Waals surface area contributed by atoms with Crippen LogP contribution in [-0.4, -0.2) is 70.9 Å². The minimum atomic E-state index is 1.03. The lowest BCUT2D eigenvalue weighted by molar-refractivity contribution is -0.530. The molecular formula is C29H42N4+2. The van der Waals surface area contributed by atoms with E-state index in [0.29, 0.717) is 0 Å². The molecule has 0 spiro atoms. The van der Waals surface area contributed by atoms with Crippen LogP contribution in [-0.2, 0) is 13.1 Å². The Hall–Kier alpha value is -2.62. The van der Waals surface area contributed by atoms with Crippen molar-refractivity contribution in [2.24, 2.45) is 0 Å². The van der Waals surface area contributed by atoms with E-state index >= 15 is 0 Å². The summed E-state index contributed by atoms with van der Waals surface area (Å²) in [4.78, 5) is 5.01. The Kier molecular flexibility index (Phi) is 7.21. The van der Waals surface area contributed by atoms with Gasteiger partial charge in [-0.15, -0.1) is 0 Å². The van der Waals surface area contributed by atoms with Crippen LogP contribution in [0.15, 0.2) is 24.3 Å². The van der Waals surface area contributed by atoms with E-state index in [4.69, 9.17) is 0 Å². The van der Waals surface area contributed by atoms with Crippen LogP contribution in [0.5, 0.6) is 0 Å². The van der Waals surface area contributed by atoms with Crippen LogP contribution in [0.2, 0.25) is 0 Å². The third-order valence-electron chi connectivity index (χ3n) is 7.30. The van der Waals surface area contributed by atoms with Crippen molar-refractivity contribution >= 4 is 12.7 Å². The van der Waals surface area contributed by atoms with Crippen LogP contribution in [0.1, 0.15) is 50.9 Å². The van der Waals surface area contributed by atoms with E-state index in [1.807, 2.05) is 0 Å². The number of nitrogens with zero attached hydrogens (tertiary/aromatic N) is 4. The quantitative estimate of drug-likeness (QED) is 0.560. The predicted molar refractivity (Wildman–Crippen MR) is 139 cm³/mol. The molecule has 2 aromatic rings. The molecule has 0 aliphatic carbocycles. The molecule has 0 fully saturated rings. The summed E-state index contributed by atoms with van der Waals surface area (Å²) in [6, 6.07) is 9.25. The zero-order chi connectivity index (χ0) is 23.5. The number of rotatable bonds is 8. The van der Waals surface area contributed by atoms with Gasteiger partial charge in [0.1, 0.15) is 39.3 Å². The molecule has 2 heterocycles. The highest BCUT2D eigenvalue weighted by atomic mass is 15.3. The second kappa shape index (κ2) is 10.1. The first kappa shape index (κ1) is 23.5. The monoisotopic (exact) mass is 446 g/mol. The summed E-state index contributed by atoms with van der Waals surface area (Å²) in [6.07, 6.45) is 5.93. The largest absolute Gasteiger partial charge is 0.264 e. The van der Waals surface area contributed by atoms with Crippen molar-refractivity contribution in [2.45, 2.75) is 61.1 Å². The van der Waals surface area contributed by atoms with Gasteiger partial charge in [-0.1, -0.05) is 35.4 Å². The summed E-state index contributed by atoms with van der Waals surface area (Å²) in [7, 11) is 0. The summed E-state index contributed by atoms with van der Waals surface area (Å²) < 4.78 is 4.97. The SMILES string of the molecule is Cc1cc(C)c(C[N+]2=CN(CCCN3C=[N+](Cc4c(C)cc(C)cc4C)CC3)CC2)c(C)c1. The van der Waals surface area contributed by atoms with Crippen molar-refractivity contribution in [1.82, 2.24) is 9.80 Å². The minimum Gasteiger partial charge on any atom is -0.264 e. The fraction of sp³-hybridized carbons (Fsp3) is 0.517. The van der Waals surface area contributed by atoms with Crippen LogP contribution >= 0.6 is 0 Å². The van der Waals surface area contributed by atoms with Gasteiger partial charge in [0.2, 0.25) is 12.7 Å². The highest BCUT2D eigenvalue weighted by molar-refractivity contribution is 5.51. The van der Waals surface area contributed by atoms with Gasteiger partial charge in [0, 0.05) is 6.42 Å². The van der Waals surface area contributed by atoms with Crippen LogP contribution in [0.25, 0.3) is 0 Å². The first-order valence-corrected chi connectivity index (χ1v) is 12.6. The minimum absolute atomic E-state index is 1.03. The fourth-order valence-electron chi connectivity index (χ4n) is 5.59. The molecule has 33 heavy (non-hydrogen) atoms. The summed E-state index contributed by atoms with van der Waals surface area (Å²) in [6.45, 7) is 22.3. The average Bonchev–Trinajstić information content (AvgIpc) is 3.37. The summed E-state index contributed by atoms with van der Waals surface area (Å²) in [5.41, 5.74) is 11.4. The molecule has 4 heteroatoms. The first-order chi connectivity index (χ1) is 15.8. The van der Waals surface area contributed by atoms with Crippen molar-refractivity contribution in [3.8, 4) is 0 Å². The van der Waals surface area contributed by atoms with Crippen LogP contribution < -0.4 is 0 Å². The van der Waals surface area contributed by atoms with Gasteiger partial charge in [-0.2, -0.15) is 0 Å². The van der Waals surface area contributed by atoms with Crippen LogP contribution in [0, 0.1) is 41.5 Å². The van der Waals surface area contributed by atoms with E-state index in [1.165, 1.54) is 50.9 Å². The maximum atomic E-state index is 2.51. The molecular weight excluding hydrogens is 404 g/mol. The summed E-state index contributed by atoms with van der Waals surface area (Å²) in [5.74, 6) is 0. The van der Waals surface area contributed by atoms with Gasteiger partial charge in [-0.05, 0) is 74.9 Å². The van der Waals surface area contributed by atoms with Crippen molar-refractivity contribution in [1.29, 1.82) is 0 Å². The third-order valence-corrected chi connectivity index (χ3v) is 7.30. The Morgan fingerprint density at radius 2 is 0.970 bits per heavy atom. The van der Waals surface area contributed by atoms with E-state index < -0.39 is 0 Å². The van der Waals surface area contributed by atoms with Crippen molar-refractivity contribution in [3.63, 3.8) is 0 Å². The lowest BCUT2D eigenvalue weighted by Crippen LogP contribution is -2.27. The molecule has 2 aliphatic heterocycles. The van der Waals surface area contributed by atoms with Gasteiger partial charge in [0.05, 0.1) is 13.1 Å². The molecule has 0 bridgehead atoms. The van der Waals surface area contributed by atoms with Gasteiger partial charge in [-0.3, -0.25) is 19.0 Å².